The van der Waals surface area contributed by atoms with Gasteiger partial charge < -0.3 is 40.9 Å². The van der Waals surface area contributed by atoms with Crippen molar-refractivity contribution < 1.29 is 55.2 Å². The number of aliphatic hydroxyl groups excluding tert-OH is 5. The first kappa shape index (κ1) is 65.9. The van der Waals surface area contributed by atoms with E-state index in [2.05, 4.69) is 43.4 Å². The van der Waals surface area contributed by atoms with Crippen LogP contribution in [0.5, 0.6) is 0 Å². The van der Waals surface area contributed by atoms with Gasteiger partial charge in [0.15, 0.2) is 29.9 Å². The summed E-state index contributed by atoms with van der Waals surface area (Å²) in [5, 5.41) is 79.7. The number of hydrogen-bond donors (Lipinski definition) is 8. The van der Waals surface area contributed by atoms with Crippen molar-refractivity contribution in [2.45, 2.75) is 307 Å². The zero-order chi connectivity index (χ0) is 50.4. The molecule has 8 N–H and O–H groups in total. The van der Waals surface area contributed by atoms with E-state index in [1.54, 1.807) is 0 Å². The van der Waals surface area contributed by atoms with Gasteiger partial charge in [-0.25, -0.2) is 0 Å². The number of aliphatic hydroxyl groups is 8. The molecule has 2 unspecified atom stereocenters. The maximum atomic E-state index is 13.6. The van der Waals surface area contributed by atoms with Crippen molar-refractivity contribution in [2.24, 2.45) is 0 Å². The van der Waals surface area contributed by atoms with E-state index in [-0.39, 0.29) is 25.4 Å². The zero-order valence-electron chi connectivity index (χ0n) is 43.1. The van der Waals surface area contributed by atoms with E-state index in [9.17, 15) is 34.8 Å². The largest absolute Gasteiger partial charge is 0.393 e. The summed E-state index contributed by atoms with van der Waals surface area (Å²) in [5.41, 5.74) is -2.84. The Balaban J connectivity index is 4.84. The van der Waals surface area contributed by atoms with Gasteiger partial charge in [0.05, 0.1) is 6.10 Å². The highest BCUT2D eigenvalue weighted by molar-refractivity contribution is 6.11. The molecule has 0 rings (SSSR count). The van der Waals surface area contributed by atoms with Crippen LogP contribution in [-0.4, -0.2) is 94.7 Å². The van der Waals surface area contributed by atoms with Crippen LogP contribution in [0.3, 0.4) is 0 Å². The second kappa shape index (κ2) is 47.2. The van der Waals surface area contributed by atoms with E-state index in [0.717, 1.165) is 186 Å². The summed E-state index contributed by atoms with van der Waals surface area (Å²) >= 11 is 0. The van der Waals surface area contributed by atoms with Crippen LogP contribution >= 0.6 is 0 Å². The molecular formula is C57H104O11. The lowest BCUT2D eigenvalue weighted by molar-refractivity contribution is -0.174. The molecule has 0 heterocycles. The normalized spacial score (nSPS) is 13.8. The summed E-state index contributed by atoms with van der Waals surface area (Å²) in [5.74, 6) is -2.35. The Morgan fingerprint density at radius 2 is 0.691 bits per heavy atom. The number of carbonyl (C=O) groups excluding carboxylic acids is 3. The Kier molecular flexibility index (Phi) is 45.8. The quantitative estimate of drug-likeness (QED) is 0.0124. The number of unbranched alkanes of at least 4 members (excludes halogenated alkanes) is 28. The van der Waals surface area contributed by atoms with Crippen molar-refractivity contribution in [3.05, 3.63) is 36.5 Å². The SMILES string of the molecule is CCCCCC[C@@H](O)C/C=C\CCCCCCCC(=O)C(O)C(O)C(O)(C(=O)CCCCCCC/C=C\CCCCCCCC(O)O)C(=O)CCCCCCC/C=C\CCCCCCCC(O)O. The highest BCUT2D eigenvalue weighted by Gasteiger charge is 2.52. The van der Waals surface area contributed by atoms with Crippen molar-refractivity contribution in [3.63, 3.8) is 0 Å². The van der Waals surface area contributed by atoms with Gasteiger partial charge in [0.2, 0.25) is 5.60 Å². The van der Waals surface area contributed by atoms with Crippen molar-refractivity contribution in [1.29, 1.82) is 0 Å². The van der Waals surface area contributed by atoms with Crippen molar-refractivity contribution in [1.82, 2.24) is 0 Å². The standard InChI is InChI=1S/C57H104O11/c1-2-3-4-35-42-49(58)43-36-29-23-21-22-24-30-37-44-50(59)55(66)56(67)57(68,51(60)45-38-31-25-17-13-9-5-7-11-15-19-27-33-40-47-53(62)63)52(61)46-39-32-26-18-14-10-6-8-12-16-20-28-34-41-48-54(64)65/h5-8,29,36,49,53-56,58,62-68H,2-4,9-28,30-35,37-48H2,1H3/b7-5-,8-6-,36-29-/t49-,55?,56?/m1/s1. The van der Waals surface area contributed by atoms with Crippen molar-refractivity contribution in [3.8, 4) is 0 Å². The average molecular weight is 965 g/mol. The van der Waals surface area contributed by atoms with Crippen LogP contribution in [0.2, 0.25) is 0 Å². The van der Waals surface area contributed by atoms with Gasteiger partial charge in [0, 0.05) is 19.3 Å². The lowest BCUT2D eigenvalue weighted by atomic mass is 9.79. The topological polar surface area (TPSA) is 213 Å². The molecule has 0 aliphatic heterocycles. The fraction of sp³-hybridized carbons (Fsp3) is 0.842. The first-order chi connectivity index (χ1) is 32.9. The number of carbonyl (C=O) groups is 3. The Hall–Kier alpha value is -2.09. The van der Waals surface area contributed by atoms with Gasteiger partial charge >= 0.3 is 0 Å². The lowest BCUT2D eigenvalue weighted by Crippen LogP contribution is -2.61. The Bertz CT molecular complexity index is 1200. The highest BCUT2D eigenvalue weighted by Crippen LogP contribution is 2.26. The summed E-state index contributed by atoms with van der Waals surface area (Å²) in [4.78, 5) is 40.3. The zero-order valence-corrected chi connectivity index (χ0v) is 43.1. The molecule has 0 aliphatic rings. The average Bonchev–Trinajstić information content (AvgIpc) is 3.31. The van der Waals surface area contributed by atoms with Crippen LogP contribution in [0.25, 0.3) is 0 Å². The van der Waals surface area contributed by atoms with Gasteiger partial charge in [-0.05, 0) is 122 Å². The van der Waals surface area contributed by atoms with Gasteiger partial charge in [-0.3, -0.25) is 14.4 Å². The van der Waals surface area contributed by atoms with Crippen molar-refractivity contribution >= 4 is 17.3 Å². The molecule has 0 spiro atoms. The molecule has 3 atom stereocenters. The van der Waals surface area contributed by atoms with Crippen molar-refractivity contribution in [2.75, 3.05) is 0 Å². The second-order valence-corrected chi connectivity index (χ2v) is 19.7. The van der Waals surface area contributed by atoms with E-state index in [1.165, 1.54) is 19.3 Å². The molecule has 0 fully saturated rings. The molecule has 0 aliphatic carbocycles. The Labute approximate surface area is 414 Å². The fourth-order valence-electron chi connectivity index (χ4n) is 8.67. The van der Waals surface area contributed by atoms with E-state index < -0.39 is 47.7 Å². The first-order valence-electron chi connectivity index (χ1n) is 27.9. The van der Waals surface area contributed by atoms with Gasteiger partial charge in [0.1, 0.15) is 12.2 Å². The minimum Gasteiger partial charge on any atom is -0.393 e. The van der Waals surface area contributed by atoms with Crippen LogP contribution in [-0.2, 0) is 14.4 Å². The molecule has 0 aromatic carbocycles. The molecule has 11 nitrogen and oxygen atoms in total. The summed E-state index contributed by atoms with van der Waals surface area (Å²) < 4.78 is 0. The maximum absolute atomic E-state index is 13.6. The third kappa shape index (κ3) is 38.6. The van der Waals surface area contributed by atoms with E-state index in [0.29, 0.717) is 38.5 Å². The van der Waals surface area contributed by atoms with E-state index in [1.807, 2.05) is 0 Å². The first-order valence-corrected chi connectivity index (χ1v) is 27.9. The summed E-state index contributed by atoms with van der Waals surface area (Å²) in [7, 11) is 0. The van der Waals surface area contributed by atoms with Crippen LogP contribution in [0, 0.1) is 0 Å². The molecule has 0 saturated carbocycles. The second-order valence-electron chi connectivity index (χ2n) is 19.7. The van der Waals surface area contributed by atoms with Crippen LogP contribution in [0.1, 0.15) is 270 Å². The van der Waals surface area contributed by atoms with Gasteiger partial charge in [-0.15, -0.1) is 0 Å². The number of rotatable bonds is 52. The van der Waals surface area contributed by atoms with Crippen LogP contribution in [0.15, 0.2) is 36.5 Å². The molecule has 0 aromatic rings. The molecule has 0 bridgehead atoms. The third-order valence-electron chi connectivity index (χ3n) is 13.2. The Morgan fingerprint density at radius 3 is 1.07 bits per heavy atom. The van der Waals surface area contributed by atoms with Crippen LogP contribution < -0.4 is 0 Å². The summed E-state index contributed by atoms with van der Waals surface area (Å²) in [6.07, 6.45) is 40.4. The predicted octanol–water partition coefficient (Wildman–Crippen LogP) is 11.8. The molecule has 0 amide bonds. The maximum Gasteiger partial charge on any atom is 0.210 e. The minimum absolute atomic E-state index is 0.0196. The van der Waals surface area contributed by atoms with Gasteiger partial charge in [0.25, 0.3) is 0 Å². The number of allylic oxidation sites excluding steroid dienone is 5. The predicted molar refractivity (Wildman–Crippen MR) is 277 cm³/mol. The lowest BCUT2D eigenvalue weighted by Gasteiger charge is -2.32. The molecular weight excluding hydrogens is 861 g/mol. The molecule has 0 saturated heterocycles. The van der Waals surface area contributed by atoms with Gasteiger partial charge in [-0.2, -0.15) is 0 Å². The fourth-order valence-corrected chi connectivity index (χ4v) is 8.67. The highest BCUT2D eigenvalue weighted by atomic mass is 16.5. The molecule has 68 heavy (non-hydrogen) atoms. The van der Waals surface area contributed by atoms with E-state index >= 15 is 0 Å². The minimum atomic E-state index is -2.84. The monoisotopic (exact) mass is 965 g/mol. The number of Topliss-reactive ketones (excluding diaryl/α,β-unsaturated/α-hetero) is 3. The smallest absolute Gasteiger partial charge is 0.210 e. The van der Waals surface area contributed by atoms with Gasteiger partial charge in [-0.1, -0.05) is 165 Å². The molecule has 0 radical (unpaired) electrons. The molecule has 11 heteroatoms. The van der Waals surface area contributed by atoms with Crippen LogP contribution in [0.4, 0.5) is 0 Å². The third-order valence-corrected chi connectivity index (χ3v) is 13.2. The Morgan fingerprint density at radius 1 is 0.382 bits per heavy atom. The summed E-state index contributed by atoms with van der Waals surface area (Å²) in [6, 6.07) is 0. The summed E-state index contributed by atoms with van der Waals surface area (Å²) in [6.45, 7) is 2.18. The molecule has 398 valence electrons. The number of hydrogen-bond acceptors (Lipinski definition) is 11. The van der Waals surface area contributed by atoms with E-state index in [4.69, 9.17) is 20.4 Å². The molecule has 0 aromatic heterocycles. The number of ketones is 3.